The van der Waals surface area contributed by atoms with Crippen molar-refractivity contribution in [3.8, 4) is 0 Å². The number of carbonyl (C=O) groups is 1. The fraction of sp³-hybridized carbons (Fsp3) is 0.700. The molecule has 2 N–H and O–H groups in total. The first-order valence-corrected chi connectivity index (χ1v) is 4.75. The molecular formula is C10H19NO2. The molecule has 0 radical (unpaired) electrons. The van der Waals surface area contributed by atoms with E-state index in [-0.39, 0.29) is 5.97 Å². The van der Waals surface area contributed by atoms with Crippen LogP contribution in [0.5, 0.6) is 0 Å². The summed E-state index contributed by atoms with van der Waals surface area (Å²) in [5, 5.41) is 0. The smallest absolute Gasteiger partial charge is 0.335 e. The molecule has 0 spiro atoms. The van der Waals surface area contributed by atoms with Crippen LogP contribution in [0.15, 0.2) is 11.3 Å². The summed E-state index contributed by atoms with van der Waals surface area (Å²) in [6, 6.07) is 0. The second kappa shape index (κ2) is 6.52. The number of allylic oxidation sites excluding steroid dienone is 1. The van der Waals surface area contributed by atoms with Crippen molar-refractivity contribution in [3.05, 3.63) is 11.3 Å². The van der Waals surface area contributed by atoms with Gasteiger partial charge in [-0.05, 0) is 26.7 Å². The lowest BCUT2D eigenvalue weighted by atomic mass is 10.1. The monoisotopic (exact) mass is 185 g/mol. The molecule has 0 saturated heterocycles. The molecule has 0 fully saturated rings. The van der Waals surface area contributed by atoms with Gasteiger partial charge in [0.15, 0.2) is 0 Å². The molecule has 76 valence electrons. The molecule has 0 aliphatic heterocycles. The molecule has 0 saturated carbocycles. The summed E-state index contributed by atoms with van der Waals surface area (Å²) in [4.78, 5) is 11.3. The van der Waals surface area contributed by atoms with Gasteiger partial charge in [-0.2, -0.15) is 0 Å². The lowest BCUT2D eigenvalue weighted by molar-refractivity contribution is -0.138. The van der Waals surface area contributed by atoms with Crippen molar-refractivity contribution in [2.75, 3.05) is 6.61 Å². The van der Waals surface area contributed by atoms with Gasteiger partial charge in [0.05, 0.1) is 12.2 Å². The molecule has 0 bridgehead atoms. The number of nitrogens with two attached hydrogens (primary N) is 1. The third kappa shape index (κ3) is 4.55. The van der Waals surface area contributed by atoms with Crippen LogP contribution in [0, 0.1) is 0 Å². The van der Waals surface area contributed by atoms with Crippen molar-refractivity contribution in [3.63, 3.8) is 0 Å². The van der Waals surface area contributed by atoms with Crippen molar-refractivity contribution in [2.24, 2.45) is 5.73 Å². The Balaban J connectivity index is 4.27. The van der Waals surface area contributed by atoms with Crippen LogP contribution in [-0.2, 0) is 9.53 Å². The van der Waals surface area contributed by atoms with E-state index in [0.29, 0.717) is 17.9 Å². The Hall–Kier alpha value is -0.990. The standard InChI is InChI=1S/C10H19NO2/c1-4-6-7-9(8(3)11)10(12)13-5-2/h4-7,11H2,1-3H3/b9-8-. The van der Waals surface area contributed by atoms with Crippen molar-refractivity contribution < 1.29 is 9.53 Å². The molecule has 0 atom stereocenters. The van der Waals surface area contributed by atoms with Crippen LogP contribution in [-0.4, -0.2) is 12.6 Å². The summed E-state index contributed by atoms with van der Waals surface area (Å²) < 4.78 is 4.89. The van der Waals surface area contributed by atoms with Crippen molar-refractivity contribution in [1.29, 1.82) is 0 Å². The average Bonchev–Trinajstić information content (AvgIpc) is 2.05. The topological polar surface area (TPSA) is 52.3 Å². The van der Waals surface area contributed by atoms with Crippen LogP contribution in [0.25, 0.3) is 0 Å². The molecule has 13 heavy (non-hydrogen) atoms. The highest BCUT2D eigenvalue weighted by atomic mass is 16.5. The first-order chi connectivity index (χ1) is 6.13. The predicted molar refractivity (Wildman–Crippen MR) is 53.0 cm³/mol. The van der Waals surface area contributed by atoms with Gasteiger partial charge in [-0.1, -0.05) is 13.3 Å². The largest absolute Gasteiger partial charge is 0.463 e. The van der Waals surface area contributed by atoms with Crippen LogP contribution in [0.2, 0.25) is 0 Å². The van der Waals surface area contributed by atoms with Crippen LogP contribution >= 0.6 is 0 Å². The molecule has 0 aromatic carbocycles. The van der Waals surface area contributed by atoms with Crippen molar-refractivity contribution >= 4 is 5.97 Å². The van der Waals surface area contributed by atoms with Crippen LogP contribution in [0.3, 0.4) is 0 Å². The highest BCUT2D eigenvalue weighted by molar-refractivity contribution is 5.89. The van der Waals surface area contributed by atoms with Gasteiger partial charge in [-0.3, -0.25) is 0 Å². The Labute approximate surface area is 79.9 Å². The van der Waals surface area contributed by atoms with Crippen LogP contribution in [0.4, 0.5) is 0 Å². The van der Waals surface area contributed by atoms with Gasteiger partial charge in [0, 0.05) is 5.70 Å². The summed E-state index contributed by atoms with van der Waals surface area (Å²) in [6.45, 7) is 6.01. The summed E-state index contributed by atoms with van der Waals surface area (Å²) >= 11 is 0. The van der Waals surface area contributed by atoms with E-state index in [1.165, 1.54) is 0 Å². The highest BCUT2D eigenvalue weighted by Crippen LogP contribution is 2.11. The Morgan fingerprint density at radius 2 is 2.00 bits per heavy atom. The lowest BCUT2D eigenvalue weighted by Gasteiger charge is -2.07. The Morgan fingerprint density at radius 3 is 2.38 bits per heavy atom. The minimum Gasteiger partial charge on any atom is -0.463 e. The normalized spacial score (nSPS) is 12.2. The van der Waals surface area contributed by atoms with Crippen molar-refractivity contribution in [2.45, 2.75) is 40.0 Å². The number of esters is 1. The van der Waals surface area contributed by atoms with Gasteiger partial charge in [0.25, 0.3) is 0 Å². The zero-order valence-electron chi connectivity index (χ0n) is 8.72. The van der Waals surface area contributed by atoms with E-state index in [4.69, 9.17) is 10.5 Å². The Morgan fingerprint density at radius 1 is 1.38 bits per heavy atom. The molecular weight excluding hydrogens is 166 g/mol. The highest BCUT2D eigenvalue weighted by Gasteiger charge is 2.11. The molecule has 0 aliphatic carbocycles. The van der Waals surface area contributed by atoms with Crippen LogP contribution < -0.4 is 5.73 Å². The second-order valence-corrected chi connectivity index (χ2v) is 2.99. The Bertz CT molecular complexity index is 193. The summed E-state index contributed by atoms with van der Waals surface area (Å²) in [5.41, 5.74) is 6.79. The minimum atomic E-state index is -0.268. The second-order valence-electron chi connectivity index (χ2n) is 2.99. The van der Waals surface area contributed by atoms with E-state index in [2.05, 4.69) is 6.92 Å². The molecule has 3 heteroatoms. The van der Waals surface area contributed by atoms with E-state index in [1.807, 2.05) is 0 Å². The predicted octanol–water partition coefficient (Wildman–Crippen LogP) is 1.97. The third-order valence-electron chi connectivity index (χ3n) is 1.78. The van der Waals surface area contributed by atoms with Crippen molar-refractivity contribution in [1.82, 2.24) is 0 Å². The van der Waals surface area contributed by atoms with Gasteiger partial charge in [-0.15, -0.1) is 0 Å². The lowest BCUT2D eigenvalue weighted by Crippen LogP contribution is -2.12. The molecule has 0 rings (SSSR count). The first kappa shape index (κ1) is 12.0. The first-order valence-electron chi connectivity index (χ1n) is 4.75. The minimum absolute atomic E-state index is 0.268. The van der Waals surface area contributed by atoms with E-state index < -0.39 is 0 Å². The van der Waals surface area contributed by atoms with Crippen LogP contribution in [0.1, 0.15) is 40.0 Å². The van der Waals surface area contributed by atoms with Gasteiger partial charge in [0.1, 0.15) is 0 Å². The van der Waals surface area contributed by atoms with E-state index in [9.17, 15) is 4.79 Å². The third-order valence-corrected chi connectivity index (χ3v) is 1.78. The number of carbonyl (C=O) groups excluding carboxylic acids is 1. The zero-order chi connectivity index (χ0) is 10.3. The van der Waals surface area contributed by atoms with Gasteiger partial charge in [0.2, 0.25) is 0 Å². The SMILES string of the molecule is CCCC/C(C(=O)OCC)=C(\C)N. The maximum atomic E-state index is 11.3. The number of rotatable bonds is 5. The fourth-order valence-corrected chi connectivity index (χ4v) is 1.03. The molecule has 0 aromatic heterocycles. The molecule has 3 nitrogen and oxygen atoms in total. The summed E-state index contributed by atoms with van der Waals surface area (Å²) in [6.07, 6.45) is 2.75. The van der Waals surface area contributed by atoms with Gasteiger partial charge >= 0.3 is 5.97 Å². The maximum Gasteiger partial charge on any atom is 0.335 e. The van der Waals surface area contributed by atoms with Gasteiger partial charge < -0.3 is 10.5 Å². The molecule has 0 unspecified atom stereocenters. The number of unbranched alkanes of at least 4 members (excludes halogenated alkanes) is 1. The molecule has 0 aromatic rings. The van der Waals surface area contributed by atoms with E-state index >= 15 is 0 Å². The molecule has 0 aliphatic rings. The average molecular weight is 185 g/mol. The van der Waals surface area contributed by atoms with E-state index in [1.54, 1.807) is 13.8 Å². The summed E-state index contributed by atoms with van der Waals surface area (Å²) in [5.74, 6) is -0.268. The number of ether oxygens (including phenoxy) is 1. The quantitative estimate of drug-likeness (QED) is 0.526. The zero-order valence-corrected chi connectivity index (χ0v) is 8.72. The maximum absolute atomic E-state index is 11.3. The van der Waals surface area contributed by atoms with Gasteiger partial charge in [-0.25, -0.2) is 4.79 Å². The summed E-state index contributed by atoms with van der Waals surface area (Å²) in [7, 11) is 0. The number of hydrogen-bond acceptors (Lipinski definition) is 3. The van der Waals surface area contributed by atoms with E-state index in [0.717, 1.165) is 19.3 Å². The molecule has 0 amide bonds. The number of hydrogen-bond donors (Lipinski definition) is 1. The fourth-order valence-electron chi connectivity index (χ4n) is 1.03. The Kier molecular flexibility index (Phi) is 6.02. The molecule has 0 heterocycles.